The number of fused-ring (bicyclic) bond motifs is 2. The number of aromatic nitrogens is 2. The van der Waals surface area contributed by atoms with Gasteiger partial charge < -0.3 is 15.1 Å². The highest BCUT2D eigenvalue weighted by atomic mass is 16.3. The van der Waals surface area contributed by atoms with Gasteiger partial charge in [-0.15, -0.1) is 0 Å². The van der Waals surface area contributed by atoms with E-state index in [1.165, 1.54) is 19.3 Å². The molecule has 0 aliphatic heterocycles. The minimum atomic E-state index is 0.379. The number of nitriles is 1. The van der Waals surface area contributed by atoms with Crippen LogP contribution in [0.4, 0.5) is 5.82 Å². The van der Waals surface area contributed by atoms with Crippen molar-refractivity contribution in [2.45, 2.75) is 59.5 Å². The Kier molecular flexibility index (Phi) is 8.39. The van der Waals surface area contributed by atoms with Gasteiger partial charge in [-0.2, -0.15) is 5.26 Å². The molecule has 1 fully saturated rings. The second-order valence-electron chi connectivity index (χ2n) is 10.4. The Balaban J connectivity index is 0.000000195. The van der Waals surface area contributed by atoms with E-state index in [0.29, 0.717) is 30.3 Å². The molecule has 3 heterocycles. The number of anilines is 1. The summed E-state index contributed by atoms with van der Waals surface area (Å²) in [7, 11) is 0. The average Bonchev–Trinajstić information content (AvgIpc) is 3.15. The summed E-state index contributed by atoms with van der Waals surface area (Å²) >= 11 is 0. The van der Waals surface area contributed by atoms with Gasteiger partial charge in [0.25, 0.3) is 0 Å². The third kappa shape index (κ3) is 6.26. The van der Waals surface area contributed by atoms with Crippen molar-refractivity contribution < 1.29 is 9.21 Å². The van der Waals surface area contributed by atoms with E-state index in [1.54, 1.807) is 12.4 Å². The molecule has 4 unspecified atom stereocenters. The smallest absolute Gasteiger partial charge is 0.207 e. The number of carbonyl (C=O) groups excluding carboxylic acids is 1. The van der Waals surface area contributed by atoms with Gasteiger partial charge in [0.05, 0.1) is 6.20 Å². The summed E-state index contributed by atoms with van der Waals surface area (Å²) in [5, 5.41) is 18.6. The predicted octanol–water partition coefficient (Wildman–Crippen LogP) is 6.36. The molecule has 37 heavy (non-hydrogen) atoms. The van der Waals surface area contributed by atoms with Crippen LogP contribution >= 0.6 is 0 Å². The zero-order valence-corrected chi connectivity index (χ0v) is 22.0. The molecule has 1 saturated carbocycles. The van der Waals surface area contributed by atoms with Gasteiger partial charge in [-0.3, -0.25) is 9.78 Å². The van der Waals surface area contributed by atoms with Crippen LogP contribution in [0.15, 0.2) is 53.3 Å². The van der Waals surface area contributed by atoms with E-state index in [9.17, 15) is 4.79 Å². The number of aryl methyl sites for hydroxylation is 1. The third-order valence-electron chi connectivity index (χ3n) is 7.52. The van der Waals surface area contributed by atoms with Crippen LogP contribution in [0.5, 0.6) is 0 Å². The van der Waals surface area contributed by atoms with Crippen molar-refractivity contribution in [2.24, 2.45) is 17.8 Å². The highest BCUT2D eigenvalue weighted by Gasteiger charge is 2.26. The molecule has 1 aromatic carbocycles. The van der Waals surface area contributed by atoms with E-state index in [2.05, 4.69) is 47.4 Å². The van der Waals surface area contributed by atoms with Crippen LogP contribution < -0.4 is 10.6 Å². The van der Waals surface area contributed by atoms with Gasteiger partial charge in [-0.1, -0.05) is 39.0 Å². The lowest BCUT2D eigenvalue weighted by molar-refractivity contribution is -0.109. The standard InChI is InChI=1S/C19H25N3O.C11H10N2O/c1-11-5-12(2)13(3)7-15(6-11)22-19-8-16-14(4)17(9-20)23-18(16)10-21-19;14-8-13-6-10-3-1-2-9-4-5-12-7-11(9)10/h8,10-13,15H,5-7H2,1-4H3,(H,21,22);1-5,7-8H,6H2,(H,13,14). The molecular weight excluding hydrogens is 462 g/mol. The predicted molar refractivity (Wildman–Crippen MR) is 147 cm³/mol. The number of furan rings is 1. The van der Waals surface area contributed by atoms with Crippen LogP contribution in [0.2, 0.25) is 0 Å². The number of hydrogen-bond donors (Lipinski definition) is 2. The van der Waals surface area contributed by atoms with Gasteiger partial charge in [0.15, 0.2) is 5.58 Å². The second kappa shape index (κ2) is 11.9. The Morgan fingerprint density at radius 3 is 2.70 bits per heavy atom. The van der Waals surface area contributed by atoms with E-state index in [0.717, 1.165) is 50.9 Å². The first-order valence-electron chi connectivity index (χ1n) is 12.9. The van der Waals surface area contributed by atoms with Crippen molar-refractivity contribution in [3.05, 3.63) is 65.8 Å². The highest BCUT2D eigenvalue weighted by molar-refractivity contribution is 5.85. The molecule has 4 aromatic rings. The minimum absolute atomic E-state index is 0.379. The van der Waals surface area contributed by atoms with Crippen molar-refractivity contribution in [2.75, 3.05) is 5.32 Å². The lowest BCUT2D eigenvalue weighted by atomic mass is 9.89. The molecule has 1 amide bonds. The summed E-state index contributed by atoms with van der Waals surface area (Å²) in [4.78, 5) is 18.7. The summed E-state index contributed by atoms with van der Waals surface area (Å²) in [6.45, 7) is 9.54. The molecule has 192 valence electrons. The Bertz CT molecular complexity index is 1400. The van der Waals surface area contributed by atoms with E-state index < -0.39 is 0 Å². The van der Waals surface area contributed by atoms with Crippen LogP contribution in [-0.2, 0) is 11.3 Å². The fourth-order valence-electron chi connectivity index (χ4n) is 5.35. The van der Waals surface area contributed by atoms with Crippen molar-refractivity contribution in [1.29, 1.82) is 5.26 Å². The van der Waals surface area contributed by atoms with Gasteiger partial charge in [-0.25, -0.2) is 4.98 Å². The number of rotatable bonds is 5. The van der Waals surface area contributed by atoms with Crippen molar-refractivity contribution in [3.63, 3.8) is 0 Å². The number of nitrogens with zero attached hydrogens (tertiary/aromatic N) is 3. The van der Waals surface area contributed by atoms with Gasteiger partial charge in [0.2, 0.25) is 12.2 Å². The topological polar surface area (TPSA) is 104 Å². The molecule has 1 aliphatic carbocycles. The van der Waals surface area contributed by atoms with Crippen LogP contribution in [0.3, 0.4) is 0 Å². The van der Waals surface area contributed by atoms with Crippen LogP contribution in [0.25, 0.3) is 21.7 Å². The number of carbonyl (C=O) groups is 1. The molecular formula is C30H35N5O2. The van der Waals surface area contributed by atoms with E-state index in [1.807, 2.05) is 43.5 Å². The fraction of sp³-hybridized carbons (Fsp3) is 0.400. The first-order valence-corrected chi connectivity index (χ1v) is 12.9. The van der Waals surface area contributed by atoms with Crippen LogP contribution in [-0.4, -0.2) is 22.4 Å². The molecule has 4 atom stereocenters. The van der Waals surface area contributed by atoms with Gasteiger partial charge in [0.1, 0.15) is 11.9 Å². The Labute approximate surface area is 218 Å². The molecule has 3 aromatic heterocycles. The highest BCUT2D eigenvalue weighted by Crippen LogP contribution is 2.33. The molecule has 0 saturated heterocycles. The molecule has 7 nitrogen and oxygen atoms in total. The summed E-state index contributed by atoms with van der Waals surface area (Å²) in [6.07, 6.45) is 9.67. The maximum atomic E-state index is 10.2. The number of nitrogens with one attached hydrogen (secondary N) is 2. The van der Waals surface area contributed by atoms with Gasteiger partial charge in [-0.05, 0) is 67.0 Å². The van der Waals surface area contributed by atoms with Crippen molar-refractivity contribution in [1.82, 2.24) is 15.3 Å². The Morgan fingerprint density at radius 1 is 1.11 bits per heavy atom. The number of hydrogen-bond acceptors (Lipinski definition) is 6. The maximum absolute atomic E-state index is 10.2. The molecule has 0 bridgehead atoms. The number of amides is 1. The monoisotopic (exact) mass is 497 g/mol. The first-order chi connectivity index (χ1) is 17.9. The molecule has 5 rings (SSSR count). The molecule has 1 aliphatic rings. The fourth-order valence-corrected chi connectivity index (χ4v) is 5.35. The van der Waals surface area contributed by atoms with Crippen LogP contribution in [0.1, 0.15) is 56.9 Å². The van der Waals surface area contributed by atoms with Gasteiger partial charge >= 0.3 is 0 Å². The largest absolute Gasteiger partial charge is 0.444 e. The molecule has 0 radical (unpaired) electrons. The zero-order valence-electron chi connectivity index (χ0n) is 22.0. The number of benzene rings is 1. The van der Waals surface area contributed by atoms with E-state index in [4.69, 9.17) is 9.68 Å². The quantitative estimate of drug-likeness (QED) is 0.246. The molecule has 2 N–H and O–H groups in total. The Hall–Kier alpha value is -3.92. The summed E-state index contributed by atoms with van der Waals surface area (Å²) < 4.78 is 5.51. The first kappa shape index (κ1) is 26.2. The SMILES string of the molecule is Cc1c(C#N)oc2cnc(NC3CC(C)CC(C)C(C)C3)cc12.O=CNCc1cccc2ccncc12. The zero-order chi connectivity index (χ0) is 26.4. The summed E-state index contributed by atoms with van der Waals surface area (Å²) in [6, 6.07) is 12.5. The normalized spacial score (nSPS) is 21.4. The van der Waals surface area contributed by atoms with E-state index >= 15 is 0 Å². The second-order valence-corrected chi connectivity index (χ2v) is 10.4. The molecule has 0 spiro atoms. The minimum Gasteiger partial charge on any atom is -0.444 e. The number of pyridine rings is 2. The van der Waals surface area contributed by atoms with Crippen molar-refractivity contribution >= 4 is 34.0 Å². The van der Waals surface area contributed by atoms with Crippen LogP contribution in [0, 0.1) is 36.0 Å². The third-order valence-corrected chi connectivity index (χ3v) is 7.52. The Morgan fingerprint density at radius 2 is 1.92 bits per heavy atom. The van der Waals surface area contributed by atoms with E-state index in [-0.39, 0.29) is 0 Å². The maximum Gasteiger partial charge on any atom is 0.207 e. The lowest BCUT2D eigenvalue weighted by Gasteiger charge is -2.21. The van der Waals surface area contributed by atoms with Crippen molar-refractivity contribution in [3.8, 4) is 6.07 Å². The summed E-state index contributed by atoms with van der Waals surface area (Å²) in [5.74, 6) is 3.50. The lowest BCUT2D eigenvalue weighted by Crippen LogP contribution is -2.23. The molecule has 7 heteroatoms. The average molecular weight is 498 g/mol. The van der Waals surface area contributed by atoms with Gasteiger partial charge in [0, 0.05) is 41.3 Å². The summed E-state index contributed by atoms with van der Waals surface area (Å²) in [5.41, 5.74) is 2.66.